The molecule has 0 aromatic heterocycles. The second-order valence-corrected chi connectivity index (χ2v) is 9.09. The first-order valence-corrected chi connectivity index (χ1v) is 12.5. The molecule has 1 saturated heterocycles. The fraction of sp³-hybridized carbons (Fsp3) is 0.375. The number of hydrogen-bond donors (Lipinski definition) is 1. The van der Waals surface area contributed by atoms with Crippen LogP contribution in [-0.2, 0) is 6.54 Å². The predicted molar refractivity (Wildman–Crippen MR) is 134 cm³/mol. The Hall–Kier alpha value is -2.56. The zero-order chi connectivity index (χ0) is 24.7. The summed E-state index contributed by atoms with van der Waals surface area (Å²) in [5, 5.41) is 10.5. The smallest absolute Gasteiger partial charge is 0.278 e. The van der Waals surface area contributed by atoms with Crippen molar-refractivity contribution in [2.45, 2.75) is 33.2 Å². The first kappa shape index (κ1) is 26.1. The van der Waals surface area contributed by atoms with E-state index in [9.17, 15) is 13.2 Å². The van der Waals surface area contributed by atoms with Crippen LogP contribution in [0.25, 0.3) is 0 Å². The Morgan fingerprint density at radius 2 is 1.82 bits per heavy atom. The Bertz CT molecular complexity index is 1070. The first-order chi connectivity index (χ1) is 16.4. The predicted octanol–water partition coefficient (Wildman–Crippen LogP) is 5.25. The Labute approximate surface area is 200 Å². The van der Waals surface area contributed by atoms with Crippen molar-refractivity contribution in [3.63, 3.8) is 0 Å². The summed E-state index contributed by atoms with van der Waals surface area (Å²) in [6.45, 7) is 7.39. The van der Waals surface area contributed by atoms with Crippen LogP contribution in [0, 0.1) is 11.6 Å². The maximum Gasteiger partial charge on any atom is 0.278 e. The van der Waals surface area contributed by atoms with Gasteiger partial charge in [-0.05, 0) is 41.0 Å². The van der Waals surface area contributed by atoms with Crippen LogP contribution in [0.3, 0.4) is 0 Å². The summed E-state index contributed by atoms with van der Waals surface area (Å²) < 4.78 is 58.7. The van der Waals surface area contributed by atoms with Gasteiger partial charge in [-0.15, -0.1) is 0 Å². The van der Waals surface area contributed by atoms with Gasteiger partial charge in [0.15, 0.2) is 0 Å². The normalized spacial score (nSPS) is 17.0. The molecule has 1 N–H and O–H groups in total. The van der Waals surface area contributed by atoms with Crippen LogP contribution >= 0.6 is 10.9 Å². The molecule has 0 saturated carbocycles. The zero-order valence-electron chi connectivity index (χ0n) is 19.3. The lowest BCUT2D eigenvalue weighted by atomic mass is 10.0. The molecular formula is C24H29F4N5S. The lowest BCUT2D eigenvalue weighted by Gasteiger charge is -2.37. The molecule has 2 heterocycles. The number of hydrogen-bond acceptors (Lipinski definition) is 5. The van der Waals surface area contributed by atoms with Crippen molar-refractivity contribution in [2.75, 3.05) is 30.5 Å². The van der Waals surface area contributed by atoms with E-state index in [1.54, 1.807) is 24.3 Å². The summed E-state index contributed by atoms with van der Waals surface area (Å²) in [7, 11) is -0.662. The number of nitrogens with one attached hydrogen (secondary N) is 1. The number of anilines is 1. The standard InChI is InChI=1S/C22H23F4N5S.C2H6/c1-32(30-9-7-27-8-10-30)31(18-4-2-3-17(23)12-18)14-16-6-5-15(11-19(16)24)20-13-21(22(25)26)29-28-20;1-2/h2-6,11-12,22,27H,1,7-10,13-14H2;1-2H3. The van der Waals surface area contributed by atoms with Crippen molar-refractivity contribution >= 4 is 33.8 Å². The van der Waals surface area contributed by atoms with Gasteiger partial charge in [0, 0.05) is 43.7 Å². The minimum Gasteiger partial charge on any atom is -0.314 e. The molecular weight excluding hydrogens is 466 g/mol. The Balaban J connectivity index is 0.00000158. The van der Waals surface area contributed by atoms with Crippen LogP contribution in [0.1, 0.15) is 31.4 Å². The van der Waals surface area contributed by atoms with Crippen molar-refractivity contribution < 1.29 is 17.6 Å². The second-order valence-electron chi connectivity index (χ2n) is 7.46. The third kappa shape index (κ3) is 6.31. The van der Waals surface area contributed by atoms with Gasteiger partial charge in [-0.1, -0.05) is 32.0 Å². The van der Waals surface area contributed by atoms with Gasteiger partial charge in [0.05, 0.1) is 17.9 Å². The summed E-state index contributed by atoms with van der Waals surface area (Å²) in [5.41, 5.74) is 1.41. The average molecular weight is 496 g/mol. The van der Waals surface area contributed by atoms with Crippen molar-refractivity contribution in [3.8, 4) is 0 Å². The highest BCUT2D eigenvalue weighted by atomic mass is 32.2. The average Bonchev–Trinajstić information content (AvgIpc) is 3.35. The topological polar surface area (TPSA) is 43.2 Å². The number of benzene rings is 2. The van der Waals surface area contributed by atoms with Gasteiger partial charge >= 0.3 is 0 Å². The number of nitrogens with zero attached hydrogens (tertiary/aromatic N) is 4. The van der Waals surface area contributed by atoms with Gasteiger partial charge in [-0.3, -0.25) is 0 Å². The molecule has 2 aliphatic heterocycles. The van der Waals surface area contributed by atoms with Gasteiger partial charge in [-0.25, -0.2) is 21.9 Å². The lowest BCUT2D eigenvalue weighted by Crippen LogP contribution is -2.43. The van der Waals surface area contributed by atoms with Crippen molar-refractivity contribution in [1.82, 2.24) is 9.62 Å². The largest absolute Gasteiger partial charge is 0.314 e. The molecule has 184 valence electrons. The minimum atomic E-state index is -2.68. The Morgan fingerprint density at radius 3 is 2.44 bits per heavy atom. The molecule has 0 spiro atoms. The second kappa shape index (κ2) is 12.2. The summed E-state index contributed by atoms with van der Waals surface area (Å²) in [6.07, 6.45) is -2.78. The summed E-state index contributed by atoms with van der Waals surface area (Å²) >= 11 is 0. The van der Waals surface area contributed by atoms with Crippen molar-refractivity contribution in [1.29, 1.82) is 0 Å². The number of alkyl halides is 2. The number of piperazine rings is 1. The SMILES string of the molecule is C=S(N1CCNCC1)N(Cc1ccc(C2=NN=C(C(F)F)C2)cc1F)c1cccc(F)c1.CC. The maximum atomic E-state index is 15.0. The monoisotopic (exact) mass is 495 g/mol. The van der Waals surface area contributed by atoms with Crippen LogP contribution in [0.5, 0.6) is 0 Å². The maximum absolute atomic E-state index is 15.0. The molecule has 2 aromatic rings. The molecule has 5 nitrogen and oxygen atoms in total. The summed E-state index contributed by atoms with van der Waals surface area (Å²) in [4.78, 5) is 0. The molecule has 1 atom stereocenters. The van der Waals surface area contributed by atoms with Gasteiger partial charge in [0.2, 0.25) is 0 Å². The molecule has 2 aromatic carbocycles. The summed E-state index contributed by atoms with van der Waals surface area (Å²) in [6, 6.07) is 10.7. The van der Waals surface area contributed by atoms with Crippen LogP contribution < -0.4 is 9.62 Å². The highest BCUT2D eigenvalue weighted by molar-refractivity contribution is 8.13. The van der Waals surface area contributed by atoms with E-state index >= 15 is 4.39 Å². The van der Waals surface area contributed by atoms with Crippen LogP contribution in [0.15, 0.2) is 52.7 Å². The van der Waals surface area contributed by atoms with E-state index in [0.717, 1.165) is 26.2 Å². The van der Waals surface area contributed by atoms with E-state index in [-0.39, 0.29) is 24.5 Å². The fourth-order valence-electron chi connectivity index (χ4n) is 3.57. The van der Waals surface area contributed by atoms with Gasteiger partial charge in [0.1, 0.15) is 17.3 Å². The van der Waals surface area contributed by atoms with E-state index in [2.05, 4.69) is 25.7 Å². The van der Waals surface area contributed by atoms with Gasteiger partial charge in [0.25, 0.3) is 6.43 Å². The van der Waals surface area contributed by atoms with Gasteiger partial charge < -0.3 is 9.62 Å². The van der Waals surface area contributed by atoms with Crippen LogP contribution in [-0.4, -0.2) is 54.2 Å². The van der Waals surface area contributed by atoms with Gasteiger partial charge in [-0.2, -0.15) is 10.2 Å². The Morgan fingerprint density at radius 1 is 1.09 bits per heavy atom. The lowest BCUT2D eigenvalue weighted by molar-refractivity contribution is 0.224. The third-order valence-electron chi connectivity index (χ3n) is 5.32. The van der Waals surface area contributed by atoms with E-state index < -0.39 is 23.1 Å². The Kier molecular flexibility index (Phi) is 9.37. The quantitative estimate of drug-likeness (QED) is 0.422. The molecule has 4 rings (SSSR count). The molecule has 2 aliphatic rings. The fourth-order valence-corrected chi connectivity index (χ4v) is 5.10. The van der Waals surface area contributed by atoms with E-state index in [1.165, 1.54) is 18.2 Å². The van der Waals surface area contributed by atoms with E-state index in [1.807, 2.05) is 18.2 Å². The molecule has 1 unspecified atom stereocenters. The molecule has 0 radical (unpaired) electrons. The first-order valence-electron chi connectivity index (χ1n) is 11.2. The number of halogens is 4. The highest BCUT2D eigenvalue weighted by Gasteiger charge is 2.24. The molecule has 34 heavy (non-hydrogen) atoms. The zero-order valence-corrected chi connectivity index (χ0v) is 20.1. The van der Waals surface area contributed by atoms with Crippen LogP contribution in [0.2, 0.25) is 0 Å². The molecule has 0 amide bonds. The molecule has 0 aliphatic carbocycles. The van der Waals surface area contributed by atoms with E-state index in [4.69, 9.17) is 0 Å². The molecule has 0 bridgehead atoms. The third-order valence-corrected chi connectivity index (χ3v) is 7.13. The summed E-state index contributed by atoms with van der Waals surface area (Å²) in [5.74, 6) is 3.43. The van der Waals surface area contributed by atoms with Crippen LogP contribution in [0.4, 0.5) is 23.2 Å². The minimum absolute atomic E-state index is 0.1000. The highest BCUT2D eigenvalue weighted by Crippen LogP contribution is 2.33. The molecule has 1 fully saturated rings. The van der Waals surface area contributed by atoms with Crippen molar-refractivity contribution in [2.24, 2.45) is 10.2 Å². The van der Waals surface area contributed by atoms with E-state index in [0.29, 0.717) is 22.5 Å². The molecule has 10 heteroatoms. The van der Waals surface area contributed by atoms with Crippen molar-refractivity contribution in [3.05, 3.63) is 65.2 Å². The number of rotatable bonds is 7.